The first kappa shape index (κ1) is 23.6. The summed E-state index contributed by atoms with van der Waals surface area (Å²) in [6.07, 6.45) is 4.49. The number of aliphatic hydroxyl groups is 1. The normalized spacial score (nSPS) is 14.2. The Morgan fingerprint density at radius 3 is 2.47 bits per heavy atom. The summed E-state index contributed by atoms with van der Waals surface area (Å²) in [5, 5.41) is 10.9. The molecule has 1 aliphatic carbocycles. The zero-order valence-electron chi connectivity index (χ0n) is 19.6. The van der Waals surface area contributed by atoms with Crippen molar-refractivity contribution in [3.63, 3.8) is 0 Å². The number of carbonyl (C=O) groups excluding carboxylic acids is 1. The molecule has 1 aromatic heterocycles. The molecule has 7 heteroatoms. The van der Waals surface area contributed by atoms with Crippen molar-refractivity contribution in [2.75, 3.05) is 5.73 Å². The molecule has 4 aromatic rings. The van der Waals surface area contributed by atoms with Crippen LogP contribution in [0.15, 0.2) is 79.1 Å². The van der Waals surface area contributed by atoms with Crippen molar-refractivity contribution in [3.05, 3.63) is 107 Å². The molecule has 3 N–H and O–H groups in total. The van der Waals surface area contributed by atoms with E-state index >= 15 is 4.39 Å². The lowest BCUT2D eigenvalue weighted by Crippen LogP contribution is -2.16. The third kappa shape index (κ3) is 4.70. The molecule has 36 heavy (non-hydrogen) atoms. The Hall–Kier alpha value is -4.10. The first-order chi connectivity index (χ1) is 17.5. The zero-order valence-corrected chi connectivity index (χ0v) is 19.6. The summed E-state index contributed by atoms with van der Waals surface area (Å²) in [4.78, 5) is 21.1. The number of hydrogen-bond acceptors (Lipinski definition) is 6. The minimum Gasteiger partial charge on any atom is -0.485 e. The van der Waals surface area contributed by atoms with Gasteiger partial charge in [0.2, 0.25) is 0 Å². The van der Waals surface area contributed by atoms with Gasteiger partial charge in [0, 0.05) is 16.7 Å². The lowest BCUT2D eigenvalue weighted by Gasteiger charge is -2.28. The van der Waals surface area contributed by atoms with Crippen LogP contribution in [0.1, 0.15) is 58.3 Å². The predicted octanol–water partition coefficient (Wildman–Crippen LogP) is 5.63. The van der Waals surface area contributed by atoms with Crippen LogP contribution >= 0.6 is 0 Å². The highest BCUT2D eigenvalue weighted by Gasteiger charge is 2.28. The number of ketones is 1. The zero-order chi connectivity index (χ0) is 25.1. The van der Waals surface area contributed by atoms with Gasteiger partial charge in [-0.3, -0.25) is 9.78 Å². The summed E-state index contributed by atoms with van der Waals surface area (Å²) in [5.74, 6) is -0.289. The Kier molecular flexibility index (Phi) is 6.73. The fraction of sp³-hybridized carbons (Fsp3) is 0.207. The van der Waals surface area contributed by atoms with E-state index in [1.54, 1.807) is 54.6 Å². The van der Waals surface area contributed by atoms with E-state index in [4.69, 9.17) is 10.5 Å². The number of nitrogens with zero attached hydrogens (tertiary/aromatic N) is 2. The highest BCUT2D eigenvalue weighted by atomic mass is 19.1. The predicted molar refractivity (Wildman–Crippen MR) is 135 cm³/mol. The van der Waals surface area contributed by atoms with Crippen LogP contribution < -0.4 is 10.5 Å². The SMILES string of the molecule is Nc1cnc(-c2ccc(C3CCC3)c(OCc3ccccc3C(O)C(=O)c3ccccc3)c2F)cn1. The molecule has 1 heterocycles. The van der Waals surface area contributed by atoms with Gasteiger partial charge in [0.05, 0.1) is 18.1 Å². The van der Waals surface area contributed by atoms with Crippen molar-refractivity contribution in [2.45, 2.75) is 37.9 Å². The summed E-state index contributed by atoms with van der Waals surface area (Å²) in [5.41, 5.74) is 8.52. The number of benzene rings is 3. The number of anilines is 1. The van der Waals surface area contributed by atoms with Crippen LogP contribution in [0.5, 0.6) is 5.75 Å². The summed E-state index contributed by atoms with van der Waals surface area (Å²) >= 11 is 0. The fourth-order valence-electron chi connectivity index (χ4n) is 4.42. The van der Waals surface area contributed by atoms with E-state index < -0.39 is 17.7 Å². The molecule has 0 saturated heterocycles. The van der Waals surface area contributed by atoms with Gasteiger partial charge in [-0.15, -0.1) is 0 Å². The van der Waals surface area contributed by atoms with Gasteiger partial charge >= 0.3 is 0 Å². The minimum absolute atomic E-state index is 0.0111. The molecule has 0 bridgehead atoms. The maximum absolute atomic E-state index is 15.8. The number of hydrogen-bond donors (Lipinski definition) is 2. The van der Waals surface area contributed by atoms with E-state index in [9.17, 15) is 9.90 Å². The van der Waals surface area contributed by atoms with Gasteiger partial charge in [0.15, 0.2) is 17.3 Å². The maximum atomic E-state index is 15.8. The summed E-state index contributed by atoms with van der Waals surface area (Å²) in [6, 6.07) is 19.2. The van der Waals surface area contributed by atoms with Gasteiger partial charge in [-0.1, -0.05) is 67.1 Å². The number of nitrogens with two attached hydrogens (primary N) is 1. The fourth-order valence-corrected chi connectivity index (χ4v) is 4.42. The third-order valence-electron chi connectivity index (χ3n) is 6.65. The van der Waals surface area contributed by atoms with Crippen molar-refractivity contribution in [1.29, 1.82) is 0 Å². The monoisotopic (exact) mass is 483 g/mol. The second-order valence-electron chi connectivity index (χ2n) is 8.92. The van der Waals surface area contributed by atoms with E-state index in [2.05, 4.69) is 9.97 Å². The molecule has 5 rings (SSSR count). The highest BCUT2D eigenvalue weighted by Crippen LogP contribution is 2.44. The summed E-state index contributed by atoms with van der Waals surface area (Å²) < 4.78 is 21.9. The number of carbonyl (C=O) groups is 1. The molecule has 0 radical (unpaired) electrons. The van der Waals surface area contributed by atoms with Crippen LogP contribution in [-0.2, 0) is 6.61 Å². The molecular formula is C29H26FN3O3. The van der Waals surface area contributed by atoms with Crippen LogP contribution in [0.4, 0.5) is 10.2 Å². The van der Waals surface area contributed by atoms with Gasteiger partial charge < -0.3 is 15.6 Å². The van der Waals surface area contributed by atoms with Crippen LogP contribution in [-0.4, -0.2) is 20.9 Å². The number of aromatic nitrogens is 2. The molecule has 1 atom stereocenters. The Labute approximate surface area is 208 Å². The number of halogens is 1. The lowest BCUT2D eigenvalue weighted by atomic mass is 9.79. The van der Waals surface area contributed by atoms with Crippen LogP contribution in [0.25, 0.3) is 11.3 Å². The first-order valence-electron chi connectivity index (χ1n) is 11.9. The van der Waals surface area contributed by atoms with Crippen LogP contribution in [0.2, 0.25) is 0 Å². The van der Waals surface area contributed by atoms with Crippen LogP contribution in [0, 0.1) is 5.82 Å². The molecule has 1 aliphatic rings. The highest BCUT2D eigenvalue weighted by molar-refractivity contribution is 6.00. The first-order valence-corrected chi connectivity index (χ1v) is 11.9. The Balaban J connectivity index is 1.45. The number of aliphatic hydroxyl groups excluding tert-OH is 1. The largest absolute Gasteiger partial charge is 0.485 e. The standard InChI is InChI=1S/C29H26FN3O3/c30-26-23(24-15-33-25(31)16-32-24)14-13-22(18-10-6-11-18)29(26)36-17-20-9-4-5-12-21(20)28(35)27(34)19-7-2-1-3-8-19/h1-5,7-9,12-16,18,28,35H,6,10-11,17H2,(H2,31,33). The maximum Gasteiger partial charge on any atom is 0.195 e. The summed E-state index contributed by atoms with van der Waals surface area (Å²) in [6.45, 7) is -0.0111. The van der Waals surface area contributed by atoms with Crippen molar-refractivity contribution >= 4 is 11.6 Å². The lowest BCUT2D eigenvalue weighted by molar-refractivity contribution is 0.0743. The molecule has 6 nitrogen and oxygen atoms in total. The van der Waals surface area contributed by atoms with E-state index in [1.165, 1.54) is 12.4 Å². The van der Waals surface area contributed by atoms with Crippen molar-refractivity contribution in [2.24, 2.45) is 0 Å². The Bertz CT molecular complexity index is 1370. The molecule has 0 spiro atoms. The summed E-state index contributed by atoms with van der Waals surface area (Å²) in [7, 11) is 0. The molecule has 1 fully saturated rings. The minimum atomic E-state index is -1.36. The number of nitrogen functional groups attached to an aromatic ring is 1. The molecule has 0 amide bonds. The molecular weight excluding hydrogens is 457 g/mol. The van der Waals surface area contributed by atoms with E-state index in [0.29, 0.717) is 22.4 Å². The number of ether oxygens (including phenoxy) is 1. The molecule has 182 valence electrons. The van der Waals surface area contributed by atoms with Crippen molar-refractivity contribution in [3.8, 4) is 17.0 Å². The topological polar surface area (TPSA) is 98.3 Å². The van der Waals surface area contributed by atoms with Crippen LogP contribution in [0.3, 0.4) is 0 Å². The average molecular weight is 484 g/mol. The molecule has 3 aromatic carbocycles. The van der Waals surface area contributed by atoms with Crippen molar-refractivity contribution < 1.29 is 19.0 Å². The van der Waals surface area contributed by atoms with E-state index in [-0.39, 0.29) is 29.7 Å². The quantitative estimate of drug-likeness (QED) is 0.315. The second kappa shape index (κ2) is 10.3. The van der Waals surface area contributed by atoms with Gasteiger partial charge in [0.1, 0.15) is 18.5 Å². The van der Waals surface area contributed by atoms with Gasteiger partial charge in [-0.05, 0) is 36.0 Å². The smallest absolute Gasteiger partial charge is 0.195 e. The average Bonchev–Trinajstić information content (AvgIpc) is 2.88. The Morgan fingerprint density at radius 1 is 1.03 bits per heavy atom. The third-order valence-corrected chi connectivity index (χ3v) is 6.65. The van der Waals surface area contributed by atoms with Gasteiger partial charge in [0.25, 0.3) is 0 Å². The van der Waals surface area contributed by atoms with E-state index in [1.807, 2.05) is 12.1 Å². The Morgan fingerprint density at radius 2 is 1.78 bits per heavy atom. The number of rotatable bonds is 8. The molecule has 1 unspecified atom stereocenters. The van der Waals surface area contributed by atoms with Gasteiger partial charge in [-0.25, -0.2) is 9.37 Å². The second-order valence-corrected chi connectivity index (χ2v) is 8.92. The molecule has 0 aliphatic heterocycles. The molecule has 1 saturated carbocycles. The van der Waals surface area contributed by atoms with Crippen molar-refractivity contribution in [1.82, 2.24) is 9.97 Å². The number of Topliss-reactive ketones (excluding diaryl/α,β-unsaturated/α-hetero) is 1. The van der Waals surface area contributed by atoms with E-state index in [0.717, 1.165) is 24.8 Å². The van der Waals surface area contributed by atoms with Gasteiger partial charge in [-0.2, -0.15) is 0 Å².